The molecule has 0 bridgehead atoms. The Bertz CT molecular complexity index is 426. The van der Waals surface area contributed by atoms with Gasteiger partial charge in [-0.25, -0.2) is 0 Å². The summed E-state index contributed by atoms with van der Waals surface area (Å²) in [7, 11) is 0. The number of carbonyl (C=O) groups excluding carboxylic acids is 1. The molecule has 0 aromatic heterocycles. The molecule has 23 heavy (non-hydrogen) atoms. The molecule has 1 N–H and O–H groups in total. The van der Waals surface area contributed by atoms with Gasteiger partial charge in [0.15, 0.2) is 0 Å². The van der Waals surface area contributed by atoms with Crippen LogP contribution in [0.3, 0.4) is 0 Å². The van der Waals surface area contributed by atoms with Crippen molar-refractivity contribution in [3.8, 4) is 0 Å². The second kappa shape index (κ2) is 12.1. The van der Waals surface area contributed by atoms with Crippen molar-refractivity contribution in [1.29, 1.82) is 0 Å². The Kier molecular flexibility index (Phi) is 11.4. The number of carboxylic acid groups (broad SMARTS) is 1. The standard InChI is InChI=1S/C13H22BrN3O6/c1-13(2,9-10(14)11(18)19)12(20)23-8-7-22-6-5-21-4-3-16-17-15/h10H,3-9H2,1-2H3,(H,18,19). The molecule has 132 valence electrons. The molecule has 0 aliphatic heterocycles. The maximum Gasteiger partial charge on any atom is 0.317 e. The van der Waals surface area contributed by atoms with E-state index < -0.39 is 22.2 Å². The lowest BCUT2D eigenvalue weighted by Gasteiger charge is -2.23. The topological polar surface area (TPSA) is 131 Å². The number of alkyl halides is 1. The Morgan fingerprint density at radius 3 is 2.35 bits per heavy atom. The molecular formula is C13H22BrN3O6. The Hall–Kier alpha value is -1.35. The highest BCUT2D eigenvalue weighted by Gasteiger charge is 2.34. The Labute approximate surface area is 143 Å². The maximum atomic E-state index is 11.9. The summed E-state index contributed by atoms with van der Waals surface area (Å²) in [6, 6.07) is 0. The minimum atomic E-state index is -1.02. The van der Waals surface area contributed by atoms with E-state index in [-0.39, 0.29) is 26.2 Å². The first-order valence-electron chi connectivity index (χ1n) is 7.01. The predicted molar refractivity (Wildman–Crippen MR) is 85.4 cm³/mol. The van der Waals surface area contributed by atoms with E-state index in [1.54, 1.807) is 13.8 Å². The summed E-state index contributed by atoms with van der Waals surface area (Å²) < 4.78 is 15.4. The number of halogens is 1. The van der Waals surface area contributed by atoms with E-state index in [4.69, 9.17) is 24.8 Å². The normalized spacial score (nSPS) is 12.3. The molecule has 1 atom stereocenters. The number of carbonyl (C=O) groups is 2. The van der Waals surface area contributed by atoms with Crippen molar-refractivity contribution >= 4 is 27.9 Å². The lowest BCUT2D eigenvalue weighted by Crippen LogP contribution is -2.32. The monoisotopic (exact) mass is 395 g/mol. The molecule has 0 heterocycles. The van der Waals surface area contributed by atoms with Crippen LogP contribution in [0.25, 0.3) is 10.4 Å². The van der Waals surface area contributed by atoms with Crippen molar-refractivity contribution in [3.05, 3.63) is 10.4 Å². The van der Waals surface area contributed by atoms with Crippen molar-refractivity contribution < 1.29 is 28.9 Å². The predicted octanol–water partition coefficient (Wildman–Crippen LogP) is 2.14. The van der Waals surface area contributed by atoms with Gasteiger partial charge in [0.05, 0.1) is 31.8 Å². The SMILES string of the molecule is CC(C)(CC(Br)C(=O)O)C(=O)OCCOCCOCCN=[N+]=[N-]. The quantitative estimate of drug-likeness (QED) is 0.127. The largest absolute Gasteiger partial charge is 0.480 e. The summed E-state index contributed by atoms with van der Waals surface area (Å²) in [6.45, 7) is 4.85. The van der Waals surface area contributed by atoms with Gasteiger partial charge in [-0.2, -0.15) is 0 Å². The van der Waals surface area contributed by atoms with Gasteiger partial charge >= 0.3 is 11.9 Å². The van der Waals surface area contributed by atoms with E-state index in [1.807, 2.05) is 0 Å². The number of rotatable bonds is 13. The number of hydrogen-bond acceptors (Lipinski definition) is 6. The first kappa shape index (κ1) is 21.6. The Morgan fingerprint density at radius 1 is 1.22 bits per heavy atom. The summed E-state index contributed by atoms with van der Waals surface area (Å²) in [5.41, 5.74) is 7.14. The average molecular weight is 396 g/mol. The van der Waals surface area contributed by atoms with E-state index in [0.717, 1.165) is 0 Å². The van der Waals surface area contributed by atoms with Gasteiger partial charge in [-0.05, 0) is 25.8 Å². The zero-order chi connectivity index (χ0) is 17.7. The lowest BCUT2D eigenvalue weighted by molar-refractivity contribution is -0.156. The van der Waals surface area contributed by atoms with Crippen molar-refractivity contribution in [3.63, 3.8) is 0 Å². The van der Waals surface area contributed by atoms with Crippen LogP contribution in [0.2, 0.25) is 0 Å². The van der Waals surface area contributed by atoms with Crippen LogP contribution in [-0.4, -0.2) is 61.5 Å². The van der Waals surface area contributed by atoms with Crippen LogP contribution < -0.4 is 0 Å². The molecule has 0 fully saturated rings. The van der Waals surface area contributed by atoms with E-state index in [2.05, 4.69) is 26.0 Å². The van der Waals surface area contributed by atoms with Crippen LogP contribution in [0, 0.1) is 5.41 Å². The molecule has 0 aliphatic carbocycles. The smallest absolute Gasteiger partial charge is 0.317 e. The summed E-state index contributed by atoms with van der Waals surface area (Å²) in [5.74, 6) is -1.49. The van der Waals surface area contributed by atoms with Crippen LogP contribution in [0.1, 0.15) is 20.3 Å². The van der Waals surface area contributed by atoms with Crippen molar-refractivity contribution in [2.24, 2.45) is 10.5 Å². The van der Waals surface area contributed by atoms with Gasteiger partial charge in [-0.1, -0.05) is 21.0 Å². The first-order valence-corrected chi connectivity index (χ1v) is 7.93. The van der Waals surface area contributed by atoms with E-state index >= 15 is 0 Å². The lowest BCUT2D eigenvalue weighted by atomic mass is 9.88. The number of nitrogens with zero attached hydrogens (tertiary/aromatic N) is 3. The van der Waals surface area contributed by atoms with Crippen molar-refractivity contribution in [2.45, 2.75) is 25.1 Å². The molecule has 0 aromatic carbocycles. The van der Waals surface area contributed by atoms with Crippen LogP contribution >= 0.6 is 15.9 Å². The molecule has 0 saturated heterocycles. The second-order valence-electron chi connectivity index (χ2n) is 5.21. The minimum Gasteiger partial charge on any atom is -0.480 e. The van der Waals surface area contributed by atoms with Crippen LogP contribution in [0.4, 0.5) is 0 Å². The number of esters is 1. The molecule has 0 amide bonds. The summed E-state index contributed by atoms with van der Waals surface area (Å²) in [5, 5.41) is 12.1. The molecule has 0 rings (SSSR count). The molecule has 0 aromatic rings. The average Bonchev–Trinajstić information content (AvgIpc) is 2.48. The second-order valence-corrected chi connectivity index (χ2v) is 6.31. The van der Waals surface area contributed by atoms with Crippen molar-refractivity contribution in [1.82, 2.24) is 0 Å². The number of hydrogen-bond donors (Lipinski definition) is 1. The van der Waals surface area contributed by atoms with E-state index in [1.165, 1.54) is 0 Å². The number of aliphatic carboxylic acids is 1. The summed E-state index contributed by atoms with van der Waals surface area (Å²) >= 11 is 3.01. The molecule has 9 nitrogen and oxygen atoms in total. The highest BCUT2D eigenvalue weighted by atomic mass is 79.9. The van der Waals surface area contributed by atoms with Gasteiger partial charge in [0.2, 0.25) is 0 Å². The fourth-order valence-corrected chi connectivity index (χ4v) is 2.29. The third-order valence-corrected chi connectivity index (χ3v) is 3.46. The highest BCUT2D eigenvalue weighted by Crippen LogP contribution is 2.27. The molecule has 0 radical (unpaired) electrons. The summed E-state index contributed by atoms with van der Waals surface area (Å²) in [4.78, 5) is 24.5. The van der Waals surface area contributed by atoms with Gasteiger partial charge in [-0.3, -0.25) is 9.59 Å². The van der Waals surface area contributed by atoms with Crippen LogP contribution in [-0.2, 0) is 23.8 Å². The van der Waals surface area contributed by atoms with Gasteiger partial charge in [-0.15, -0.1) is 0 Å². The molecular weight excluding hydrogens is 374 g/mol. The number of azide groups is 1. The fourth-order valence-electron chi connectivity index (χ4n) is 1.48. The minimum absolute atomic E-state index is 0.0843. The zero-order valence-electron chi connectivity index (χ0n) is 13.2. The Morgan fingerprint density at radius 2 is 1.78 bits per heavy atom. The van der Waals surface area contributed by atoms with Gasteiger partial charge in [0.25, 0.3) is 0 Å². The number of carboxylic acids is 1. The summed E-state index contributed by atoms with van der Waals surface area (Å²) in [6.07, 6.45) is 0.126. The van der Waals surface area contributed by atoms with Crippen LogP contribution in [0.5, 0.6) is 0 Å². The third-order valence-electron chi connectivity index (χ3n) is 2.74. The molecule has 0 spiro atoms. The molecule has 10 heteroatoms. The van der Waals surface area contributed by atoms with Gasteiger partial charge < -0.3 is 19.3 Å². The van der Waals surface area contributed by atoms with Crippen molar-refractivity contribution in [2.75, 3.05) is 39.6 Å². The molecule has 0 saturated carbocycles. The zero-order valence-corrected chi connectivity index (χ0v) is 14.8. The van der Waals surface area contributed by atoms with E-state index in [0.29, 0.717) is 19.8 Å². The Balaban J connectivity index is 3.73. The third kappa shape index (κ3) is 10.9. The highest BCUT2D eigenvalue weighted by molar-refractivity contribution is 9.10. The van der Waals surface area contributed by atoms with Crippen LogP contribution in [0.15, 0.2) is 5.11 Å². The van der Waals surface area contributed by atoms with Gasteiger partial charge in [0.1, 0.15) is 11.4 Å². The molecule has 1 unspecified atom stereocenters. The van der Waals surface area contributed by atoms with E-state index in [9.17, 15) is 9.59 Å². The first-order chi connectivity index (χ1) is 10.8. The number of ether oxygens (including phenoxy) is 3. The fraction of sp³-hybridized carbons (Fsp3) is 0.846. The maximum absolute atomic E-state index is 11.9. The van der Waals surface area contributed by atoms with Gasteiger partial charge in [0, 0.05) is 11.5 Å². The molecule has 0 aliphatic rings.